The molecule has 0 atom stereocenters. The van der Waals surface area contributed by atoms with Crippen LogP contribution < -0.4 is 21.3 Å². The molecule has 0 aliphatic heterocycles. The van der Waals surface area contributed by atoms with Gasteiger partial charge in [-0.2, -0.15) is 0 Å². The van der Waals surface area contributed by atoms with E-state index in [1.807, 2.05) is 31.2 Å². The van der Waals surface area contributed by atoms with E-state index in [0.29, 0.717) is 19.1 Å². The van der Waals surface area contributed by atoms with Crippen LogP contribution in [-0.2, 0) is 0 Å². The van der Waals surface area contributed by atoms with Crippen molar-refractivity contribution in [1.82, 2.24) is 10.7 Å². The molecular formula is C14H24N4O. The quantitative estimate of drug-likeness (QED) is 0.230. The van der Waals surface area contributed by atoms with Crippen LogP contribution in [0.15, 0.2) is 29.3 Å². The van der Waals surface area contributed by atoms with Crippen molar-refractivity contribution in [3.05, 3.63) is 29.8 Å². The number of hydrazine groups is 1. The maximum atomic E-state index is 5.62. The highest BCUT2D eigenvalue weighted by Gasteiger charge is 1.96. The second kappa shape index (κ2) is 9.22. The Balaban J connectivity index is 2.23. The molecular weight excluding hydrogens is 240 g/mol. The van der Waals surface area contributed by atoms with Gasteiger partial charge in [-0.25, -0.2) is 5.84 Å². The lowest BCUT2D eigenvalue weighted by molar-refractivity contribution is 0.321. The number of nitrogens with one attached hydrogen (secondary N) is 2. The summed E-state index contributed by atoms with van der Waals surface area (Å²) < 4.78 is 5.62. The molecule has 0 spiro atoms. The van der Waals surface area contributed by atoms with Crippen molar-refractivity contribution in [3.8, 4) is 5.75 Å². The third-order valence-electron chi connectivity index (χ3n) is 2.57. The van der Waals surface area contributed by atoms with Gasteiger partial charge in [-0.3, -0.25) is 10.4 Å². The molecule has 0 aliphatic carbocycles. The van der Waals surface area contributed by atoms with Gasteiger partial charge >= 0.3 is 0 Å². The molecule has 5 nitrogen and oxygen atoms in total. The number of hydrogen-bond donors (Lipinski definition) is 3. The summed E-state index contributed by atoms with van der Waals surface area (Å²) in [5.41, 5.74) is 3.74. The molecule has 0 amide bonds. The van der Waals surface area contributed by atoms with E-state index in [4.69, 9.17) is 10.6 Å². The molecule has 1 aromatic carbocycles. The molecule has 4 N–H and O–H groups in total. The summed E-state index contributed by atoms with van der Waals surface area (Å²) in [5, 5.41) is 3.10. The van der Waals surface area contributed by atoms with E-state index in [9.17, 15) is 0 Å². The van der Waals surface area contributed by atoms with Crippen molar-refractivity contribution in [3.63, 3.8) is 0 Å². The Morgan fingerprint density at radius 2 is 2.26 bits per heavy atom. The fraction of sp³-hybridized carbons (Fsp3) is 0.500. The van der Waals surface area contributed by atoms with Gasteiger partial charge in [0.2, 0.25) is 5.96 Å². The highest BCUT2D eigenvalue weighted by atomic mass is 16.5. The number of aryl methyl sites for hydroxylation is 1. The summed E-state index contributed by atoms with van der Waals surface area (Å²) in [4.78, 5) is 4.30. The van der Waals surface area contributed by atoms with Crippen LogP contribution in [-0.4, -0.2) is 25.7 Å². The molecule has 0 bridgehead atoms. The minimum absolute atomic E-state index is 0.567. The van der Waals surface area contributed by atoms with Crippen LogP contribution in [0.3, 0.4) is 0 Å². The Hall–Kier alpha value is -1.75. The average molecular weight is 264 g/mol. The summed E-state index contributed by atoms with van der Waals surface area (Å²) in [6.07, 6.45) is 2.18. The second-order valence-electron chi connectivity index (χ2n) is 4.32. The standard InChI is InChI=1S/C14H24N4O/c1-3-4-8-16-14(18-15)17-9-10-19-13-7-5-6-12(2)11-13/h5-7,11H,3-4,8-10,15H2,1-2H3,(H2,16,17,18). The average Bonchev–Trinajstić information content (AvgIpc) is 2.41. The van der Waals surface area contributed by atoms with Gasteiger partial charge in [0.25, 0.3) is 0 Å². The molecule has 1 aromatic rings. The summed E-state index contributed by atoms with van der Waals surface area (Å²) in [6.45, 7) is 6.18. The number of rotatable bonds is 7. The molecule has 0 fully saturated rings. The third-order valence-corrected chi connectivity index (χ3v) is 2.57. The van der Waals surface area contributed by atoms with Gasteiger partial charge in [0, 0.05) is 6.54 Å². The fourth-order valence-corrected chi connectivity index (χ4v) is 1.54. The van der Waals surface area contributed by atoms with Crippen LogP contribution in [0.25, 0.3) is 0 Å². The van der Waals surface area contributed by atoms with Gasteiger partial charge in [-0.05, 0) is 31.0 Å². The van der Waals surface area contributed by atoms with Crippen molar-refractivity contribution >= 4 is 5.96 Å². The summed E-state index contributed by atoms with van der Waals surface area (Å²) >= 11 is 0. The van der Waals surface area contributed by atoms with Gasteiger partial charge in [0.15, 0.2) is 0 Å². The van der Waals surface area contributed by atoms with Crippen LogP contribution in [0.5, 0.6) is 5.75 Å². The fourth-order valence-electron chi connectivity index (χ4n) is 1.54. The molecule has 106 valence electrons. The van der Waals surface area contributed by atoms with Crippen molar-refractivity contribution in [1.29, 1.82) is 0 Å². The molecule has 0 unspecified atom stereocenters. The lowest BCUT2D eigenvalue weighted by Crippen LogP contribution is -2.43. The zero-order valence-electron chi connectivity index (χ0n) is 11.8. The molecule has 0 heterocycles. The maximum Gasteiger partial charge on any atom is 0.205 e. The molecule has 0 radical (unpaired) electrons. The number of nitrogens with two attached hydrogens (primary N) is 1. The number of benzene rings is 1. The van der Waals surface area contributed by atoms with Crippen molar-refractivity contribution in [2.24, 2.45) is 10.8 Å². The Labute approximate surface area is 115 Å². The second-order valence-corrected chi connectivity index (χ2v) is 4.32. The van der Waals surface area contributed by atoms with Crippen LogP contribution in [0, 0.1) is 6.92 Å². The van der Waals surface area contributed by atoms with Crippen LogP contribution >= 0.6 is 0 Å². The first-order chi connectivity index (χ1) is 9.26. The minimum atomic E-state index is 0.567. The van der Waals surface area contributed by atoms with Crippen LogP contribution in [0.2, 0.25) is 0 Å². The number of ether oxygens (including phenoxy) is 1. The number of aliphatic imine (C=N–C) groups is 1. The Kier molecular flexibility index (Phi) is 7.43. The van der Waals surface area contributed by atoms with Crippen LogP contribution in [0.4, 0.5) is 0 Å². The lowest BCUT2D eigenvalue weighted by Gasteiger charge is -2.10. The van der Waals surface area contributed by atoms with Gasteiger partial charge in [0.05, 0.1) is 6.54 Å². The number of nitrogens with zero attached hydrogens (tertiary/aromatic N) is 1. The zero-order chi connectivity index (χ0) is 13.9. The first kappa shape index (κ1) is 15.3. The Morgan fingerprint density at radius 1 is 1.42 bits per heavy atom. The van der Waals surface area contributed by atoms with Gasteiger partial charge < -0.3 is 10.1 Å². The van der Waals surface area contributed by atoms with Crippen molar-refractivity contribution in [2.45, 2.75) is 26.7 Å². The van der Waals surface area contributed by atoms with Gasteiger partial charge in [0.1, 0.15) is 12.4 Å². The number of unbranched alkanes of at least 4 members (excludes halogenated alkanes) is 1. The van der Waals surface area contributed by atoms with Gasteiger partial charge in [-0.15, -0.1) is 0 Å². The van der Waals surface area contributed by atoms with E-state index in [-0.39, 0.29) is 0 Å². The summed E-state index contributed by atoms with van der Waals surface area (Å²) in [6, 6.07) is 7.99. The lowest BCUT2D eigenvalue weighted by atomic mass is 10.2. The van der Waals surface area contributed by atoms with E-state index in [1.165, 1.54) is 5.56 Å². The normalized spacial score (nSPS) is 11.2. The van der Waals surface area contributed by atoms with E-state index < -0.39 is 0 Å². The van der Waals surface area contributed by atoms with Crippen molar-refractivity contribution < 1.29 is 4.74 Å². The maximum absolute atomic E-state index is 5.62. The van der Waals surface area contributed by atoms with E-state index in [2.05, 4.69) is 22.7 Å². The predicted octanol–water partition coefficient (Wildman–Crippen LogP) is 1.58. The first-order valence-corrected chi connectivity index (χ1v) is 6.70. The van der Waals surface area contributed by atoms with E-state index >= 15 is 0 Å². The van der Waals surface area contributed by atoms with E-state index in [1.54, 1.807) is 0 Å². The predicted molar refractivity (Wildman–Crippen MR) is 79.2 cm³/mol. The Morgan fingerprint density at radius 3 is 2.95 bits per heavy atom. The molecule has 0 saturated carbocycles. The SMILES string of the molecule is CCCCN=C(NN)NCCOc1cccc(C)c1. The minimum Gasteiger partial charge on any atom is -0.492 e. The zero-order valence-corrected chi connectivity index (χ0v) is 11.8. The number of hydrogen-bond acceptors (Lipinski definition) is 3. The molecule has 1 rings (SSSR count). The molecule has 5 heteroatoms. The highest BCUT2D eigenvalue weighted by molar-refractivity contribution is 5.79. The first-order valence-electron chi connectivity index (χ1n) is 6.70. The smallest absolute Gasteiger partial charge is 0.205 e. The summed E-state index contributed by atoms with van der Waals surface area (Å²) in [7, 11) is 0. The van der Waals surface area contributed by atoms with Crippen molar-refractivity contribution in [2.75, 3.05) is 19.7 Å². The molecule has 0 aliphatic rings. The monoisotopic (exact) mass is 264 g/mol. The molecule has 19 heavy (non-hydrogen) atoms. The topological polar surface area (TPSA) is 71.7 Å². The Bertz CT molecular complexity index is 393. The van der Waals surface area contributed by atoms with Crippen LogP contribution in [0.1, 0.15) is 25.3 Å². The third kappa shape index (κ3) is 6.67. The summed E-state index contributed by atoms with van der Waals surface area (Å²) in [5.74, 6) is 6.88. The molecule has 0 saturated heterocycles. The van der Waals surface area contributed by atoms with E-state index in [0.717, 1.165) is 25.1 Å². The largest absolute Gasteiger partial charge is 0.492 e. The number of guanidine groups is 1. The van der Waals surface area contributed by atoms with Gasteiger partial charge in [-0.1, -0.05) is 25.5 Å². The molecule has 0 aromatic heterocycles. The highest BCUT2D eigenvalue weighted by Crippen LogP contribution is 2.11.